The van der Waals surface area contributed by atoms with E-state index < -0.39 is 5.97 Å². The smallest absolute Gasteiger partial charge is 0.343 e. The minimum atomic E-state index is -0.512. The zero-order valence-electron chi connectivity index (χ0n) is 20.5. The fraction of sp³-hybridized carbons (Fsp3) is 0.143. The molecule has 0 aliphatic carbocycles. The van der Waals surface area contributed by atoms with Crippen molar-refractivity contribution in [3.63, 3.8) is 0 Å². The van der Waals surface area contributed by atoms with Crippen LogP contribution in [0.5, 0.6) is 11.5 Å². The number of aromatic nitrogens is 2. The summed E-state index contributed by atoms with van der Waals surface area (Å²) in [5.41, 5.74) is 1.39. The molecule has 0 bridgehead atoms. The number of ether oxygens (including phenoxy) is 3. The monoisotopic (exact) mass is 531 g/mol. The number of esters is 1. The van der Waals surface area contributed by atoms with Gasteiger partial charge in [0, 0.05) is 10.4 Å². The molecule has 10 heteroatoms. The quantitative estimate of drug-likeness (QED) is 0.198. The van der Waals surface area contributed by atoms with E-state index in [9.17, 15) is 9.59 Å². The van der Waals surface area contributed by atoms with Crippen LogP contribution in [0.25, 0.3) is 33.5 Å². The van der Waals surface area contributed by atoms with Crippen LogP contribution in [-0.2, 0) is 9.53 Å². The van der Waals surface area contributed by atoms with Crippen molar-refractivity contribution in [2.75, 3.05) is 20.3 Å². The zero-order valence-corrected chi connectivity index (χ0v) is 21.3. The Labute approximate surface area is 221 Å². The minimum Gasteiger partial charge on any atom is -0.490 e. The maximum absolute atomic E-state index is 13.5. The molecule has 0 spiro atoms. The summed E-state index contributed by atoms with van der Waals surface area (Å²) in [6, 6.07) is 19.1. The van der Waals surface area contributed by atoms with Gasteiger partial charge in [-0.3, -0.25) is 4.79 Å². The molecule has 0 N–H and O–H groups in total. The van der Waals surface area contributed by atoms with Gasteiger partial charge >= 0.3 is 5.97 Å². The first-order chi connectivity index (χ1) is 18.5. The van der Waals surface area contributed by atoms with E-state index in [1.165, 1.54) is 18.0 Å². The summed E-state index contributed by atoms with van der Waals surface area (Å²) in [5, 5.41) is 6.22. The number of para-hydroxylation sites is 1. The van der Waals surface area contributed by atoms with Gasteiger partial charge in [-0.05, 0) is 67.1 Å². The highest BCUT2D eigenvalue weighted by Gasteiger charge is 2.17. The molecule has 0 radical (unpaired) electrons. The summed E-state index contributed by atoms with van der Waals surface area (Å²) in [5.74, 6) is 0.880. The number of halogens is 1. The fourth-order valence-electron chi connectivity index (χ4n) is 3.83. The Morgan fingerprint density at radius 2 is 1.92 bits per heavy atom. The average molecular weight is 532 g/mol. The Morgan fingerprint density at radius 3 is 2.74 bits per heavy atom. The van der Waals surface area contributed by atoms with Crippen LogP contribution in [0.4, 0.5) is 0 Å². The molecule has 2 aromatic heterocycles. The third-order valence-electron chi connectivity index (χ3n) is 5.62. The lowest BCUT2D eigenvalue weighted by Crippen LogP contribution is -2.20. The summed E-state index contributed by atoms with van der Waals surface area (Å²) >= 11 is 6.14. The van der Waals surface area contributed by atoms with Gasteiger partial charge in [0.05, 0.1) is 30.8 Å². The van der Waals surface area contributed by atoms with Crippen molar-refractivity contribution in [3.05, 3.63) is 87.7 Å². The van der Waals surface area contributed by atoms with Crippen LogP contribution in [0.2, 0.25) is 5.02 Å². The molecule has 0 saturated heterocycles. The first-order valence-corrected chi connectivity index (χ1v) is 12.1. The molecule has 9 nitrogen and oxygen atoms in total. The second-order valence-electron chi connectivity index (χ2n) is 8.11. The van der Waals surface area contributed by atoms with Crippen molar-refractivity contribution in [2.24, 2.45) is 5.10 Å². The fourth-order valence-corrected chi connectivity index (χ4v) is 4.01. The van der Waals surface area contributed by atoms with Crippen molar-refractivity contribution in [2.45, 2.75) is 6.92 Å². The van der Waals surface area contributed by atoms with Gasteiger partial charge in [0.2, 0.25) is 5.82 Å². The molecule has 0 atom stereocenters. The summed E-state index contributed by atoms with van der Waals surface area (Å²) in [6.45, 7) is 1.95. The second kappa shape index (κ2) is 10.8. The zero-order chi connectivity index (χ0) is 26.6. The lowest BCUT2D eigenvalue weighted by atomic mass is 10.2. The van der Waals surface area contributed by atoms with Crippen LogP contribution in [0, 0.1) is 0 Å². The van der Waals surface area contributed by atoms with E-state index in [4.69, 9.17) is 25.5 Å². The third-order valence-corrected chi connectivity index (χ3v) is 5.85. The highest BCUT2D eigenvalue weighted by atomic mass is 35.5. The minimum absolute atomic E-state index is 0.236. The molecule has 2 heterocycles. The van der Waals surface area contributed by atoms with Gasteiger partial charge in [-0.1, -0.05) is 23.7 Å². The lowest BCUT2D eigenvalue weighted by Gasteiger charge is -2.12. The SMILES string of the molecule is CCOc1cc(C=Nn2c(-c3cc4cc(Cl)ccc4o3)nc3ccccc3c2=O)ccc1OCC(=O)OC. The molecule has 0 unspecified atom stereocenters. The standard InChI is InChI=1S/C28H22ClN3O6/c1-3-36-24-12-17(8-10-23(24)37-16-26(33)35-2)15-30-32-27(31-21-7-5-4-6-20(21)28(32)34)25-14-18-13-19(29)9-11-22(18)38-25/h4-15H,3,16H2,1-2H3. The Hall–Kier alpha value is -4.63. The number of nitrogens with zero attached hydrogens (tertiary/aromatic N) is 3. The number of benzene rings is 3. The van der Waals surface area contributed by atoms with Crippen LogP contribution in [0.15, 0.2) is 81.0 Å². The number of fused-ring (bicyclic) bond motifs is 2. The van der Waals surface area contributed by atoms with Gasteiger partial charge in [0.1, 0.15) is 5.58 Å². The van der Waals surface area contributed by atoms with Crippen LogP contribution < -0.4 is 15.0 Å². The molecule has 0 amide bonds. The van der Waals surface area contributed by atoms with Crippen molar-refractivity contribution < 1.29 is 23.4 Å². The van der Waals surface area contributed by atoms with Gasteiger partial charge in [-0.2, -0.15) is 9.78 Å². The predicted octanol–water partition coefficient (Wildman–Crippen LogP) is 5.30. The maximum atomic E-state index is 13.5. The predicted molar refractivity (Wildman–Crippen MR) is 144 cm³/mol. The molecule has 5 aromatic rings. The summed E-state index contributed by atoms with van der Waals surface area (Å²) < 4.78 is 23.0. The average Bonchev–Trinajstić information content (AvgIpc) is 3.35. The number of rotatable bonds is 8. The summed E-state index contributed by atoms with van der Waals surface area (Å²) in [6.07, 6.45) is 1.51. The van der Waals surface area contributed by atoms with Crippen molar-refractivity contribution in [1.29, 1.82) is 0 Å². The molecule has 38 heavy (non-hydrogen) atoms. The molecular weight excluding hydrogens is 510 g/mol. The second-order valence-corrected chi connectivity index (χ2v) is 8.55. The number of furan rings is 1. The van der Waals surface area contributed by atoms with Gasteiger partial charge < -0.3 is 18.6 Å². The molecular formula is C28H22ClN3O6. The number of carbonyl (C=O) groups excluding carboxylic acids is 1. The highest BCUT2D eigenvalue weighted by molar-refractivity contribution is 6.31. The number of hydrogen-bond acceptors (Lipinski definition) is 8. The molecule has 0 saturated carbocycles. The third kappa shape index (κ3) is 5.09. The van der Waals surface area contributed by atoms with Gasteiger partial charge in [0.25, 0.3) is 5.56 Å². The molecule has 5 rings (SSSR count). The van der Waals surface area contributed by atoms with Crippen LogP contribution in [-0.4, -0.2) is 42.2 Å². The van der Waals surface area contributed by atoms with Crippen LogP contribution >= 0.6 is 11.6 Å². The maximum Gasteiger partial charge on any atom is 0.343 e. The van der Waals surface area contributed by atoms with Crippen molar-refractivity contribution in [1.82, 2.24) is 9.66 Å². The topological polar surface area (TPSA) is 105 Å². The van der Waals surface area contributed by atoms with Gasteiger partial charge in [0.15, 0.2) is 23.9 Å². The Bertz CT molecular complexity index is 1740. The van der Waals surface area contributed by atoms with E-state index in [0.29, 0.717) is 50.9 Å². The molecule has 192 valence electrons. The van der Waals surface area contributed by atoms with E-state index in [1.807, 2.05) is 13.0 Å². The molecule has 0 fully saturated rings. The largest absolute Gasteiger partial charge is 0.490 e. The van der Waals surface area contributed by atoms with Gasteiger partial charge in [-0.25, -0.2) is 9.78 Å². The highest BCUT2D eigenvalue weighted by Crippen LogP contribution is 2.30. The molecule has 3 aromatic carbocycles. The van der Waals surface area contributed by atoms with Gasteiger partial charge in [-0.15, -0.1) is 0 Å². The van der Waals surface area contributed by atoms with E-state index in [1.54, 1.807) is 60.7 Å². The van der Waals surface area contributed by atoms with E-state index in [2.05, 4.69) is 14.8 Å². The number of carbonyl (C=O) groups is 1. The Balaban J connectivity index is 1.58. The molecule has 0 aliphatic rings. The number of hydrogen-bond donors (Lipinski definition) is 0. The van der Waals surface area contributed by atoms with E-state index in [-0.39, 0.29) is 18.0 Å². The Morgan fingerprint density at radius 1 is 1.08 bits per heavy atom. The summed E-state index contributed by atoms with van der Waals surface area (Å²) in [7, 11) is 1.28. The van der Waals surface area contributed by atoms with E-state index in [0.717, 1.165) is 5.39 Å². The Kier molecular flexibility index (Phi) is 7.10. The van der Waals surface area contributed by atoms with E-state index >= 15 is 0 Å². The molecule has 0 aliphatic heterocycles. The van der Waals surface area contributed by atoms with Crippen molar-refractivity contribution in [3.8, 4) is 23.1 Å². The van der Waals surface area contributed by atoms with Crippen LogP contribution in [0.1, 0.15) is 12.5 Å². The van der Waals surface area contributed by atoms with Crippen LogP contribution in [0.3, 0.4) is 0 Å². The normalized spacial score (nSPS) is 11.3. The first-order valence-electron chi connectivity index (χ1n) is 11.7. The lowest BCUT2D eigenvalue weighted by molar-refractivity contribution is -0.142. The van der Waals surface area contributed by atoms with Crippen molar-refractivity contribution >= 4 is 45.7 Å². The summed E-state index contributed by atoms with van der Waals surface area (Å²) in [4.78, 5) is 29.6. The number of methoxy groups -OCH3 is 1. The first kappa shape index (κ1) is 25.0.